The largest absolute Gasteiger partial charge is 0.309 e. The molecule has 0 radical (unpaired) electrons. The molecule has 11 aromatic rings. The lowest BCUT2D eigenvalue weighted by molar-refractivity contribution is 1.17. The molecule has 4 nitrogen and oxygen atoms in total. The number of para-hydroxylation sites is 3. The lowest BCUT2D eigenvalue weighted by atomic mass is 10.0. The van der Waals surface area contributed by atoms with E-state index in [9.17, 15) is 9.60 Å². The van der Waals surface area contributed by atoms with E-state index in [0.717, 1.165) is 10.9 Å². The Morgan fingerprint density at radius 2 is 1.15 bits per heavy atom. The minimum Gasteiger partial charge on any atom is -0.309 e. The molecular formula is C44H26N4. The smallest absolute Gasteiger partial charge is 0.160 e. The molecule has 0 fully saturated rings. The van der Waals surface area contributed by atoms with Crippen molar-refractivity contribution in [1.29, 1.82) is 0 Å². The Labute approximate surface area is 293 Å². The van der Waals surface area contributed by atoms with Crippen molar-refractivity contribution in [2.45, 2.75) is 0 Å². The Hall–Kier alpha value is -6.52. The van der Waals surface area contributed by atoms with E-state index < -0.39 is 78.6 Å². The lowest BCUT2D eigenvalue weighted by Gasteiger charge is -2.12. The summed E-state index contributed by atoms with van der Waals surface area (Å²) in [6.45, 7) is 0. The number of rotatable bonds is 3. The van der Waals surface area contributed by atoms with E-state index in [2.05, 4.69) is 0 Å². The van der Waals surface area contributed by atoms with Gasteiger partial charge in [0.15, 0.2) is 5.82 Å². The Bertz CT molecular complexity index is 3800. The van der Waals surface area contributed by atoms with Gasteiger partial charge in [-0.15, -0.1) is 0 Å². The Morgan fingerprint density at radius 1 is 0.479 bits per heavy atom. The van der Waals surface area contributed by atoms with Crippen LogP contribution in [0, 0.1) is 0 Å². The average molecular weight is 624 g/mol. The van der Waals surface area contributed by atoms with Gasteiger partial charge in [-0.3, -0.25) is 0 Å². The third-order valence-electron chi connectivity index (χ3n) is 9.09. The van der Waals surface area contributed by atoms with Crippen LogP contribution in [0.3, 0.4) is 0 Å². The van der Waals surface area contributed by atoms with Crippen molar-refractivity contribution in [2.75, 3.05) is 0 Å². The number of fused-ring (bicyclic) bond motifs is 6. The summed E-state index contributed by atoms with van der Waals surface area (Å²) in [5, 5.41) is 0.466. The number of hydrogen-bond donors (Lipinski definition) is 0. The van der Waals surface area contributed by atoms with Crippen LogP contribution in [-0.2, 0) is 0 Å². The molecule has 222 valence electrons. The topological polar surface area (TPSA) is 35.1 Å². The Morgan fingerprint density at radius 3 is 2.06 bits per heavy atom. The van der Waals surface area contributed by atoms with Gasteiger partial charge in [0.1, 0.15) is 0 Å². The van der Waals surface area contributed by atoms with E-state index in [-0.39, 0.29) is 59.9 Å². The molecule has 0 atom stereocenters. The molecular weight excluding hydrogens is 585 g/mol. The third-order valence-corrected chi connectivity index (χ3v) is 9.09. The molecule has 0 amide bonds. The first kappa shape index (κ1) is 16.3. The van der Waals surface area contributed by atoms with E-state index in [1.54, 1.807) is 18.2 Å². The molecule has 0 spiro atoms. The summed E-state index contributed by atoms with van der Waals surface area (Å²) in [6.07, 6.45) is 0. The fourth-order valence-corrected chi connectivity index (χ4v) is 7.10. The molecule has 0 aliphatic carbocycles. The van der Waals surface area contributed by atoms with Gasteiger partial charge in [0.2, 0.25) is 0 Å². The highest BCUT2D eigenvalue weighted by atomic mass is 15.0. The molecule has 0 N–H and O–H groups in total. The summed E-state index contributed by atoms with van der Waals surface area (Å²) in [7, 11) is 0. The van der Waals surface area contributed by atoms with Gasteiger partial charge in [0, 0.05) is 49.1 Å². The predicted octanol–water partition coefficient (Wildman–Crippen LogP) is 11.2. The summed E-state index contributed by atoms with van der Waals surface area (Å²) in [5.74, 6) is 0.362. The molecule has 0 aliphatic rings. The van der Waals surface area contributed by atoms with Crippen molar-refractivity contribution in [1.82, 2.24) is 18.9 Å². The van der Waals surface area contributed by atoms with Crippen LogP contribution in [-0.4, -0.2) is 18.9 Å². The second-order valence-electron chi connectivity index (χ2n) is 11.6. The highest BCUT2D eigenvalue weighted by molar-refractivity contribution is 6.31. The molecule has 4 heterocycles. The third kappa shape index (κ3) is 3.38. The molecule has 4 heteroatoms. The fourth-order valence-electron chi connectivity index (χ4n) is 7.10. The van der Waals surface area contributed by atoms with E-state index >= 15 is 0 Å². The number of benzene rings is 7. The van der Waals surface area contributed by atoms with Crippen LogP contribution in [0.5, 0.6) is 0 Å². The maximum absolute atomic E-state index is 9.47. The van der Waals surface area contributed by atoms with Gasteiger partial charge in [0.25, 0.3) is 0 Å². The van der Waals surface area contributed by atoms with Gasteiger partial charge in [-0.25, -0.2) is 9.97 Å². The van der Waals surface area contributed by atoms with Gasteiger partial charge in [-0.1, -0.05) is 115 Å². The van der Waals surface area contributed by atoms with Crippen molar-refractivity contribution < 1.29 is 17.8 Å². The second kappa shape index (κ2) is 9.50. The quantitative estimate of drug-likeness (QED) is 0.196. The standard InChI is InChI=1S/C44H26N4/c1-2-12-27(13-3-1)42-34-17-4-6-21-35(34)45-44(46-42)28-14-8-15-29(26-28)47-37-23-10-18-31-33-20-9-19-32-30-16-5-7-22-36(30)48(43(32)33)39-25-11-24-38(47)41(39)40(31)37/h1-26H/i5D,7D,9D,10D,11D,16D,18D,19D,20D,22D,23D,24D,25D. The molecule has 0 aliphatic heterocycles. The van der Waals surface area contributed by atoms with Crippen molar-refractivity contribution in [3.05, 3.63) is 157 Å². The average Bonchev–Trinajstić information content (AvgIpc) is 3.77. The maximum Gasteiger partial charge on any atom is 0.160 e. The first-order chi connectivity index (χ1) is 29.2. The zero-order valence-electron chi connectivity index (χ0n) is 37.8. The number of aromatic nitrogens is 4. The van der Waals surface area contributed by atoms with Gasteiger partial charge < -0.3 is 8.97 Å². The Balaban J connectivity index is 1.38. The van der Waals surface area contributed by atoms with Crippen LogP contribution < -0.4 is 0 Å². The molecule has 0 saturated carbocycles. The molecule has 0 bridgehead atoms. The normalized spacial score (nSPS) is 16.0. The van der Waals surface area contributed by atoms with E-state index in [4.69, 9.17) is 18.2 Å². The summed E-state index contributed by atoms with van der Waals surface area (Å²) < 4.78 is 122. The second-order valence-corrected chi connectivity index (χ2v) is 11.6. The SMILES string of the molecule is [2H]c1c([2H])c([2H])c2c(c1[2H])c1c([2H])c([2H])c([2H])c3c4c([2H])c([2H])c([2H])c5c4c4c(c([2H])c([2H])c([2H])c4n2c31)n5-c1cccc(-c2nc(-c3ccccc3)c3ccccc3n2)c1. The zero-order chi connectivity index (χ0) is 42.7. The predicted molar refractivity (Wildman–Crippen MR) is 199 cm³/mol. The van der Waals surface area contributed by atoms with E-state index in [1.807, 2.05) is 60.7 Å². The Kier molecular flexibility index (Phi) is 3.24. The van der Waals surface area contributed by atoms with E-state index in [1.165, 1.54) is 8.97 Å². The first-order valence-corrected chi connectivity index (χ1v) is 15.3. The van der Waals surface area contributed by atoms with Crippen molar-refractivity contribution in [3.63, 3.8) is 0 Å². The minimum absolute atomic E-state index is 0.000304. The highest BCUT2D eigenvalue weighted by Crippen LogP contribution is 2.44. The van der Waals surface area contributed by atoms with Crippen LogP contribution in [0.4, 0.5) is 0 Å². The number of nitrogens with zero attached hydrogens (tertiary/aromatic N) is 4. The highest BCUT2D eigenvalue weighted by Gasteiger charge is 2.22. The van der Waals surface area contributed by atoms with Crippen LogP contribution in [0.15, 0.2) is 157 Å². The fraction of sp³-hybridized carbons (Fsp3) is 0. The molecule has 11 rings (SSSR count). The lowest BCUT2D eigenvalue weighted by Crippen LogP contribution is -1.98. The summed E-state index contributed by atoms with van der Waals surface area (Å²) in [5.41, 5.74) is 2.78. The van der Waals surface area contributed by atoms with Gasteiger partial charge in [-0.05, 0) is 47.8 Å². The number of hydrogen-bond acceptors (Lipinski definition) is 2. The van der Waals surface area contributed by atoms with Crippen LogP contribution in [0.1, 0.15) is 17.8 Å². The summed E-state index contributed by atoms with van der Waals surface area (Å²) in [6, 6.07) is 17.3. The van der Waals surface area contributed by atoms with Gasteiger partial charge in [-0.2, -0.15) is 0 Å². The monoisotopic (exact) mass is 623 g/mol. The molecule has 7 aromatic carbocycles. The van der Waals surface area contributed by atoms with Crippen LogP contribution in [0.2, 0.25) is 0 Å². The van der Waals surface area contributed by atoms with Crippen molar-refractivity contribution >= 4 is 70.8 Å². The molecule has 4 aromatic heterocycles. The van der Waals surface area contributed by atoms with E-state index in [0.29, 0.717) is 28.3 Å². The van der Waals surface area contributed by atoms with Crippen molar-refractivity contribution in [3.8, 4) is 28.3 Å². The van der Waals surface area contributed by atoms with Gasteiger partial charge >= 0.3 is 0 Å². The maximum atomic E-state index is 9.47. The molecule has 0 saturated heterocycles. The zero-order valence-corrected chi connectivity index (χ0v) is 24.8. The molecule has 48 heavy (non-hydrogen) atoms. The molecule has 0 unspecified atom stereocenters. The van der Waals surface area contributed by atoms with Crippen molar-refractivity contribution in [2.24, 2.45) is 0 Å². The minimum atomic E-state index is -0.622. The first-order valence-electron chi connectivity index (χ1n) is 21.8. The van der Waals surface area contributed by atoms with Gasteiger partial charge in [0.05, 0.1) is 56.6 Å². The van der Waals surface area contributed by atoms with Crippen LogP contribution >= 0.6 is 0 Å². The van der Waals surface area contributed by atoms with Crippen LogP contribution in [0.25, 0.3) is 99.1 Å². The summed E-state index contributed by atoms with van der Waals surface area (Å²) in [4.78, 5) is 9.94. The summed E-state index contributed by atoms with van der Waals surface area (Å²) >= 11 is 0.